The van der Waals surface area contributed by atoms with E-state index in [2.05, 4.69) is 0 Å². The Labute approximate surface area is 236 Å². The summed E-state index contributed by atoms with van der Waals surface area (Å²) in [7, 11) is -3.40. The maximum absolute atomic E-state index is 16.1. The van der Waals surface area contributed by atoms with Crippen LogP contribution in [0.5, 0.6) is 0 Å². The van der Waals surface area contributed by atoms with Crippen LogP contribution in [0.15, 0.2) is 84.9 Å². The molecule has 2 amide bonds. The molecule has 8 heteroatoms. The highest BCUT2D eigenvalue weighted by Crippen LogP contribution is 2.60. The summed E-state index contributed by atoms with van der Waals surface area (Å²) in [6, 6.07) is 26.9. The molecule has 2 aliphatic heterocycles. The van der Waals surface area contributed by atoms with Gasteiger partial charge in [0.15, 0.2) is 5.60 Å². The molecular formula is C32H37FN2O4Si. The number of nitrogens with zero attached hydrogens (tertiary/aromatic N) is 2. The molecule has 210 valence electrons. The number of rotatable bonds is 9. The molecule has 3 aromatic carbocycles. The lowest BCUT2D eigenvalue weighted by Crippen LogP contribution is -2.45. The predicted molar refractivity (Wildman–Crippen MR) is 156 cm³/mol. The number of anilines is 1. The predicted octanol–water partition coefficient (Wildman–Crippen LogP) is 5.42. The summed E-state index contributed by atoms with van der Waals surface area (Å²) in [5, 5.41) is 9.68. The Morgan fingerprint density at radius 1 is 1.00 bits per heavy atom. The van der Waals surface area contributed by atoms with Gasteiger partial charge < -0.3 is 23.8 Å². The molecule has 2 aliphatic rings. The molecule has 0 aromatic heterocycles. The summed E-state index contributed by atoms with van der Waals surface area (Å²) >= 11 is 0. The number of benzene rings is 3. The fourth-order valence-corrected chi connectivity index (χ4v) is 9.14. The number of amides is 2. The second-order valence-corrected chi connectivity index (χ2v) is 15.2. The Morgan fingerprint density at radius 2 is 1.60 bits per heavy atom. The highest BCUT2D eigenvalue weighted by molar-refractivity contribution is 6.72. The molecule has 3 aromatic rings. The SMILES string of the molecule is C[C@@H]1[C@@H]([Si](C)(C)F)[C@H](CC(=O)N(CCO)Cc2ccccc2)O[C@@]12C(=O)N(Cc1ccccc1)c1ccccc12. The molecular weight excluding hydrogens is 523 g/mol. The fraction of sp³-hybridized carbons (Fsp3) is 0.375. The van der Waals surface area contributed by atoms with Gasteiger partial charge in [-0.15, -0.1) is 0 Å². The third-order valence-electron chi connectivity index (χ3n) is 8.37. The molecule has 0 unspecified atom stereocenters. The zero-order chi connectivity index (χ0) is 28.5. The van der Waals surface area contributed by atoms with Crippen LogP contribution in [0.25, 0.3) is 0 Å². The van der Waals surface area contributed by atoms with Crippen LogP contribution in [-0.2, 0) is 33.0 Å². The number of halogens is 1. The van der Waals surface area contributed by atoms with Gasteiger partial charge in [-0.3, -0.25) is 9.59 Å². The number of carbonyl (C=O) groups is 2. The topological polar surface area (TPSA) is 70.1 Å². The molecule has 0 bridgehead atoms. The smallest absolute Gasteiger partial charge is 0.264 e. The van der Waals surface area contributed by atoms with Gasteiger partial charge in [-0.1, -0.05) is 85.8 Å². The van der Waals surface area contributed by atoms with Crippen molar-refractivity contribution >= 4 is 25.9 Å². The van der Waals surface area contributed by atoms with E-state index >= 15 is 4.11 Å². The lowest BCUT2D eigenvalue weighted by molar-refractivity contribution is -0.150. The Morgan fingerprint density at radius 3 is 2.23 bits per heavy atom. The van der Waals surface area contributed by atoms with Crippen LogP contribution in [0.2, 0.25) is 18.6 Å². The fourth-order valence-electron chi connectivity index (χ4n) is 6.64. The minimum absolute atomic E-state index is 0.0575. The van der Waals surface area contributed by atoms with E-state index in [-0.39, 0.29) is 31.4 Å². The third-order valence-corrected chi connectivity index (χ3v) is 10.8. The number of aliphatic hydroxyl groups is 1. The van der Waals surface area contributed by atoms with Gasteiger partial charge in [0.25, 0.3) is 5.91 Å². The van der Waals surface area contributed by atoms with Gasteiger partial charge in [-0.25, -0.2) is 0 Å². The van der Waals surface area contributed by atoms with Crippen LogP contribution >= 0.6 is 0 Å². The van der Waals surface area contributed by atoms with Crippen molar-refractivity contribution in [1.82, 2.24) is 4.90 Å². The molecule has 0 aliphatic carbocycles. The Bertz CT molecular complexity index is 1350. The van der Waals surface area contributed by atoms with Crippen molar-refractivity contribution in [3.63, 3.8) is 0 Å². The average Bonchev–Trinajstić information content (AvgIpc) is 3.36. The van der Waals surface area contributed by atoms with Crippen molar-refractivity contribution in [2.45, 2.75) is 56.8 Å². The Hall–Kier alpha value is -3.33. The number of para-hydroxylation sites is 1. The Balaban J connectivity index is 1.48. The largest absolute Gasteiger partial charge is 0.395 e. The molecule has 1 N–H and O–H groups in total. The number of hydrogen-bond donors (Lipinski definition) is 1. The van der Waals surface area contributed by atoms with Gasteiger partial charge in [0.2, 0.25) is 14.3 Å². The van der Waals surface area contributed by atoms with E-state index < -0.39 is 31.6 Å². The summed E-state index contributed by atoms with van der Waals surface area (Å²) in [5.74, 6) is -0.901. The third kappa shape index (κ3) is 5.11. The van der Waals surface area contributed by atoms with Crippen molar-refractivity contribution in [2.75, 3.05) is 18.1 Å². The first-order chi connectivity index (χ1) is 19.2. The van der Waals surface area contributed by atoms with E-state index in [0.717, 1.165) is 22.4 Å². The lowest BCUT2D eigenvalue weighted by atomic mass is 9.82. The summed E-state index contributed by atoms with van der Waals surface area (Å²) in [5.41, 5.74) is 1.49. The van der Waals surface area contributed by atoms with Crippen molar-refractivity contribution in [3.05, 3.63) is 102 Å². The second kappa shape index (κ2) is 11.3. The normalized spacial score (nSPS) is 24.0. The van der Waals surface area contributed by atoms with Gasteiger partial charge in [-0.05, 0) is 30.3 Å². The maximum atomic E-state index is 16.1. The first kappa shape index (κ1) is 28.2. The number of fused-ring (bicyclic) bond motifs is 2. The van der Waals surface area contributed by atoms with Crippen molar-refractivity contribution in [2.24, 2.45) is 5.92 Å². The van der Waals surface area contributed by atoms with E-state index in [9.17, 15) is 14.7 Å². The monoisotopic (exact) mass is 560 g/mol. The van der Waals surface area contributed by atoms with Gasteiger partial charge in [-0.2, -0.15) is 0 Å². The number of aliphatic hydroxyl groups excluding tert-OH is 1. The zero-order valence-electron chi connectivity index (χ0n) is 23.3. The first-order valence-electron chi connectivity index (χ1n) is 13.9. The molecule has 0 saturated carbocycles. The molecule has 1 saturated heterocycles. The molecule has 40 heavy (non-hydrogen) atoms. The number of ether oxygens (including phenoxy) is 1. The van der Waals surface area contributed by atoms with Crippen LogP contribution in [0.1, 0.15) is 30.0 Å². The van der Waals surface area contributed by atoms with Gasteiger partial charge >= 0.3 is 0 Å². The second-order valence-electron chi connectivity index (χ2n) is 11.4. The quantitative estimate of drug-likeness (QED) is 0.280. The van der Waals surface area contributed by atoms with Crippen LogP contribution in [0, 0.1) is 5.92 Å². The molecule has 4 atom stereocenters. The molecule has 5 rings (SSSR count). The Kier molecular flexibility index (Phi) is 7.95. The van der Waals surface area contributed by atoms with Crippen LogP contribution in [0.3, 0.4) is 0 Å². The highest BCUT2D eigenvalue weighted by Gasteiger charge is 2.66. The van der Waals surface area contributed by atoms with Crippen LogP contribution < -0.4 is 4.90 Å². The van der Waals surface area contributed by atoms with Crippen LogP contribution in [0.4, 0.5) is 9.80 Å². The van der Waals surface area contributed by atoms with Crippen LogP contribution in [-0.4, -0.2) is 49.5 Å². The van der Waals surface area contributed by atoms with E-state index in [1.165, 1.54) is 0 Å². The highest BCUT2D eigenvalue weighted by atomic mass is 28.4. The molecule has 2 heterocycles. The summed E-state index contributed by atoms with van der Waals surface area (Å²) < 4.78 is 22.8. The van der Waals surface area contributed by atoms with E-state index in [1.54, 1.807) is 22.9 Å². The zero-order valence-corrected chi connectivity index (χ0v) is 24.3. The molecule has 6 nitrogen and oxygen atoms in total. The van der Waals surface area contributed by atoms with E-state index in [1.807, 2.05) is 91.9 Å². The van der Waals surface area contributed by atoms with E-state index in [0.29, 0.717) is 13.1 Å². The summed E-state index contributed by atoms with van der Waals surface area (Å²) in [6.07, 6.45) is -0.822. The standard InChI is InChI=1S/C32H37FN2O4Si/c1-23-30(40(2,3)33)28(20-29(37)34(18-19-36)21-24-12-6-4-7-13-24)39-32(23)26-16-10-11-17-27(26)35(31(32)38)22-25-14-8-5-9-15-25/h4-17,23,28,30,36H,18-22H2,1-3H3/t23-,28+,30-,32+/m1/s1. The van der Waals surface area contributed by atoms with Crippen molar-refractivity contribution in [3.8, 4) is 0 Å². The van der Waals surface area contributed by atoms with Gasteiger partial charge in [0.1, 0.15) is 0 Å². The molecule has 1 fully saturated rings. The molecule has 1 spiro atoms. The van der Waals surface area contributed by atoms with E-state index in [4.69, 9.17) is 4.74 Å². The first-order valence-corrected chi connectivity index (χ1v) is 16.9. The summed E-state index contributed by atoms with van der Waals surface area (Å²) in [4.78, 5) is 31.3. The summed E-state index contributed by atoms with van der Waals surface area (Å²) in [6.45, 7) is 5.86. The lowest BCUT2D eigenvalue weighted by Gasteiger charge is -2.31. The minimum atomic E-state index is -3.40. The van der Waals surface area contributed by atoms with Crippen molar-refractivity contribution < 1.29 is 23.5 Å². The average molecular weight is 561 g/mol. The van der Waals surface area contributed by atoms with Gasteiger partial charge in [0.05, 0.1) is 31.4 Å². The van der Waals surface area contributed by atoms with Crippen molar-refractivity contribution in [1.29, 1.82) is 0 Å². The molecule has 0 radical (unpaired) electrons. The van der Waals surface area contributed by atoms with Gasteiger partial charge in [0, 0.05) is 30.1 Å². The maximum Gasteiger partial charge on any atom is 0.264 e. The number of hydrogen-bond acceptors (Lipinski definition) is 4. The minimum Gasteiger partial charge on any atom is -0.395 e. The number of carbonyl (C=O) groups excluding carboxylic acids is 2.